The van der Waals surface area contributed by atoms with Gasteiger partial charge in [0.1, 0.15) is 0 Å². The van der Waals surface area contributed by atoms with E-state index < -0.39 is 29.7 Å². The van der Waals surface area contributed by atoms with Crippen LogP contribution < -0.4 is 10.6 Å². The van der Waals surface area contributed by atoms with Crippen molar-refractivity contribution in [1.29, 1.82) is 0 Å². The van der Waals surface area contributed by atoms with E-state index >= 15 is 0 Å². The van der Waals surface area contributed by atoms with Gasteiger partial charge in [-0.05, 0) is 6.07 Å². The number of carbonyl (C=O) groups excluding carboxylic acids is 5. The van der Waals surface area contributed by atoms with Gasteiger partial charge in [0.05, 0.1) is 11.3 Å². The van der Waals surface area contributed by atoms with Gasteiger partial charge < -0.3 is 0 Å². The van der Waals surface area contributed by atoms with Crippen molar-refractivity contribution in [2.75, 3.05) is 0 Å². The number of rotatable bonds is 2. The molecule has 0 aromatic heterocycles. The van der Waals surface area contributed by atoms with Crippen LogP contribution in [0.25, 0.3) is 0 Å². The number of nitrogens with zero attached hydrogens (tertiary/aromatic N) is 2. The monoisotopic (exact) mass is 362 g/mol. The average molecular weight is 362 g/mol. The lowest BCUT2D eigenvalue weighted by atomic mass is 9.83. The van der Waals surface area contributed by atoms with Crippen LogP contribution in [0.1, 0.15) is 31.8 Å². The maximum Gasteiger partial charge on any atom is 0.328 e. The van der Waals surface area contributed by atoms with E-state index in [9.17, 15) is 24.0 Å². The Morgan fingerprint density at radius 1 is 0.704 bits per heavy atom. The van der Waals surface area contributed by atoms with Crippen LogP contribution in [-0.4, -0.2) is 35.5 Å². The molecule has 27 heavy (non-hydrogen) atoms. The Morgan fingerprint density at radius 2 is 1.30 bits per heavy atom. The third kappa shape index (κ3) is 2.61. The predicted octanol–water partition coefficient (Wildman–Crippen LogP) is 1.28. The van der Waals surface area contributed by atoms with Crippen molar-refractivity contribution in [3.8, 4) is 0 Å². The summed E-state index contributed by atoms with van der Waals surface area (Å²) in [4.78, 5) is 60.0. The van der Waals surface area contributed by atoms with Crippen LogP contribution in [0, 0.1) is 0 Å². The van der Waals surface area contributed by atoms with Crippen molar-refractivity contribution in [2.24, 2.45) is 10.2 Å². The number of azo groups is 1. The largest absolute Gasteiger partial charge is 0.328 e. The molecule has 9 nitrogen and oxygen atoms in total. The van der Waals surface area contributed by atoms with Crippen LogP contribution >= 0.6 is 0 Å². The van der Waals surface area contributed by atoms with E-state index in [1.807, 2.05) is 10.6 Å². The minimum absolute atomic E-state index is 0.0534. The Labute approximate surface area is 151 Å². The zero-order valence-electron chi connectivity index (χ0n) is 13.6. The van der Waals surface area contributed by atoms with Gasteiger partial charge in [-0.15, -0.1) is 0 Å². The van der Waals surface area contributed by atoms with Gasteiger partial charge >= 0.3 is 6.03 Å². The van der Waals surface area contributed by atoms with E-state index in [0.29, 0.717) is 5.56 Å². The molecule has 0 atom stereocenters. The summed E-state index contributed by atoms with van der Waals surface area (Å²) in [5.41, 5.74) is 0.823. The van der Waals surface area contributed by atoms with Crippen LogP contribution in [0.15, 0.2) is 52.7 Å². The maximum absolute atomic E-state index is 12.8. The fraction of sp³-hybridized carbons (Fsp3) is 0.0556. The van der Waals surface area contributed by atoms with Gasteiger partial charge in [-0.25, -0.2) is 4.79 Å². The molecular weight excluding hydrogens is 352 g/mol. The number of hydrogen-bond acceptors (Lipinski definition) is 7. The maximum atomic E-state index is 12.8. The molecule has 2 aromatic carbocycles. The standard InChI is InChI=1S/C18H10N4O5/c23-14-8-4-1-2-5-9(8)15(24)12-10(14)6-3-7-11(12)21-22-13-16(25)19-18(27)20-17(13)26/h1-7,13H,(H2,19,20,25,26,27). The van der Waals surface area contributed by atoms with Crippen molar-refractivity contribution in [1.82, 2.24) is 10.6 Å². The van der Waals surface area contributed by atoms with E-state index in [-0.39, 0.29) is 28.2 Å². The molecule has 1 fully saturated rings. The normalized spacial score (nSPS) is 16.8. The molecule has 0 saturated carbocycles. The molecule has 4 amide bonds. The quantitative estimate of drug-likeness (QED) is 0.523. The molecule has 0 radical (unpaired) electrons. The fourth-order valence-corrected chi connectivity index (χ4v) is 2.95. The van der Waals surface area contributed by atoms with Crippen LogP contribution in [0.3, 0.4) is 0 Å². The number of barbiturate groups is 1. The summed E-state index contributed by atoms with van der Waals surface area (Å²) in [5.74, 6) is -2.58. The first-order valence-corrected chi connectivity index (χ1v) is 7.85. The molecule has 2 aliphatic rings. The molecule has 1 aliphatic carbocycles. The van der Waals surface area contributed by atoms with Crippen LogP contribution in [-0.2, 0) is 9.59 Å². The molecule has 2 N–H and O–H groups in total. The van der Waals surface area contributed by atoms with Gasteiger partial charge in [0.2, 0.25) is 6.04 Å². The van der Waals surface area contributed by atoms with Crippen molar-refractivity contribution >= 4 is 35.1 Å². The first-order chi connectivity index (χ1) is 13.0. The van der Waals surface area contributed by atoms with Crippen LogP contribution in [0.5, 0.6) is 0 Å². The minimum Gasteiger partial charge on any atom is -0.289 e. The molecule has 0 spiro atoms. The molecular formula is C18H10N4O5. The van der Waals surface area contributed by atoms with E-state index in [0.717, 1.165) is 0 Å². The zero-order valence-corrected chi connectivity index (χ0v) is 13.6. The smallest absolute Gasteiger partial charge is 0.289 e. The number of nitrogens with one attached hydrogen (secondary N) is 2. The van der Waals surface area contributed by atoms with Crippen molar-refractivity contribution < 1.29 is 24.0 Å². The van der Waals surface area contributed by atoms with Gasteiger partial charge in [-0.3, -0.25) is 29.8 Å². The number of hydrogen-bond donors (Lipinski definition) is 2. The average Bonchev–Trinajstić information content (AvgIpc) is 2.65. The summed E-state index contributed by atoms with van der Waals surface area (Å²) in [6.45, 7) is 0. The molecule has 4 rings (SSSR count). The number of amides is 4. The highest BCUT2D eigenvalue weighted by atomic mass is 16.2. The molecule has 1 aliphatic heterocycles. The fourth-order valence-electron chi connectivity index (χ4n) is 2.95. The second-order valence-electron chi connectivity index (χ2n) is 5.83. The predicted molar refractivity (Wildman–Crippen MR) is 89.7 cm³/mol. The number of benzene rings is 2. The lowest BCUT2D eigenvalue weighted by Crippen LogP contribution is -2.57. The Kier molecular flexibility index (Phi) is 3.69. The van der Waals surface area contributed by atoms with E-state index in [2.05, 4.69) is 10.2 Å². The van der Waals surface area contributed by atoms with Gasteiger partial charge in [0, 0.05) is 16.7 Å². The summed E-state index contributed by atoms with van der Waals surface area (Å²) < 4.78 is 0. The Bertz CT molecular complexity index is 1070. The van der Waals surface area contributed by atoms with E-state index in [4.69, 9.17) is 0 Å². The van der Waals surface area contributed by atoms with Crippen LogP contribution in [0.2, 0.25) is 0 Å². The molecule has 0 bridgehead atoms. The molecule has 132 valence electrons. The first kappa shape index (κ1) is 16.5. The molecule has 0 unspecified atom stereocenters. The summed E-state index contributed by atoms with van der Waals surface area (Å²) in [7, 11) is 0. The van der Waals surface area contributed by atoms with Crippen molar-refractivity contribution in [2.45, 2.75) is 6.04 Å². The number of urea groups is 1. The lowest BCUT2D eigenvalue weighted by Gasteiger charge is -2.19. The van der Waals surface area contributed by atoms with Gasteiger partial charge in [0.25, 0.3) is 11.8 Å². The van der Waals surface area contributed by atoms with E-state index in [1.54, 1.807) is 24.3 Å². The van der Waals surface area contributed by atoms with Crippen LogP contribution in [0.4, 0.5) is 10.5 Å². The van der Waals surface area contributed by atoms with Gasteiger partial charge in [-0.1, -0.05) is 36.4 Å². The Hall–Kier alpha value is -4.01. The summed E-state index contributed by atoms with van der Waals surface area (Å²) in [6, 6.07) is 8.39. The molecule has 2 aromatic rings. The highest BCUT2D eigenvalue weighted by molar-refractivity contribution is 6.30. The second-order valence-corrected chi connectivity index (χ2v) is 5.83. The lowest BCUT2D eigenvalue weighted by molar-refractivity contribution is -0.131. The number of carbonyl (C=O) groups is 5. The summed E-state index contributed by atoms with van der Waals surface area (Å²) in [5, 5.41) is 11.3. The highest BCUT2D eigenvalue weighted by Crippen LogP contribution is 2.33. The molecule has 1 saturated heterocycles. The summed E-state index contributed by atoms with van der Waals surface area (Å²) >= 11 is 0. The Morgan fingerprint density at radius 3 is 1.96 bits per heavy atom. The highest BCUT2D eigenvalue weighted by Gasteiger charge is 2.35. The number of imide groups is 2. The van der Waals surface area contributed by atoms with Gasteiger partial charge in [0.15, 0.2) is 11.6 Å². The molecule has 9 heteroatoms. The van der Waals surface area contributed by atoms with Crippen molar-refractivity contribution in [3.63, 3.8) is 0 Å². The third-order valence-electron chi connectivity index (χ3n) is 4.18. The first-order valence-electron chi connectivity index (χ1n) is 7.85. The SMILES string of the molecule is O=C1NC(=O)C(N=Nc2cccc3c2C(=O)c2ccccc2C3=O)C(=O)N1. The number of fused-ring (bicyclic) bond motifs is 2. The molecule has 1 heterocycles. The zero-order chi connectivity index (χ0) is 19.1. The van der Waals surface area contributed by atoms with Crippen molar-refractivity contribution in [3.05, 3.63) is 64.7 Å². The summed E-state index contributed by atoms with van der Waals surface area (Å²) in [6.07, 6.45) is 0. The topological polar surface area (TPSA) is 134 Å². The Balaban J connectivity index is 1.76. The van der Waals surface area contributed by atoms with E-state index in [1.165, 1.54) is 18.2 Å². The second kappa shape index (κ2) is 6.06. The third-order valence-corrected chi connectivity index (χ3v) is 4.18. The number of ketones is 2. The van der Waals surface area contributed by atoms with Gasteiger partial charge in [-0.2, -0.15) is 10.2 Å². The minimum atomic E-state index is -1.57.